The summed E-state index contributed by atoms with van der Waals surface area (Å²) in [5.41, 5.74) is 7.88. The van der Waals surface area contributed by atoms with Crippen LogP contribution < -0.4 is 0 Å². The Bertz CT molecular complexity index is 1190. The monoisotopic (exact) mass is 590 g/mol. The molecular weight excluding hydrogens is 528 g/mol. The fourth-order valence-electron chi connectivity index (χ4n) is 4.75. The number of aromatic nitrogens is 1. The lowest BCUT2D eigenvalue weighted by molar-refractivity contribution is -0.131. The predicted octanol–water partition coefficient (Wildman–Crippen LogP) is 10.9. The molecule has 0 radical (unpaired) electrons. The van der Waals surface area contributed by atoms with Crippen LogP contribution in [0.5, 0.6) is 0 Å². The molecule has 1 saturated heterocycles. The van der Waals surface area contributed by atoms with Crippen LogP contribution in [0.25, 0.3) is 22.0 Å². The molecule has 240 valence electrons. The molecule has 3 aromatic rings. The quantitative estimate of drug-likeness (QED) is 0.161. The number of rotatable bonds is 8. The van der Waals surface area contributed by atoms with Gasteiger partial charge < -0.3 is 14.7 Å². The molecule has 2 aromatic carbocycles. The van der Waals surface area contributed by atoms with Crippen molar-refractivity contribution in [3.63, 3.8) is 0 Å². The van der Waals surface area contributed by atoms with Crippen molar-refractivity contribution in [3.8, 4) is 11.1 Å². The molecule has 1 fully saturated rings. The van der Waals surface area contributed by atoms with E-state index in [9.17, 15) is 4.79 Å². The zero-order valence-electron chi connectivity index (χ0n) is 29.2. The summed E-state index contributed by atoms with van der Waals surface area (Å²) in [6.45, 7) is 26.5. The highest BCUT2D eigenvalue weighted by Gasteiger charge is 2.24. The third-order valence-corrected chi connectivity index (χ3v) is 7.42. The number of carbonyl (C=O) groups is 2. The number of likely N-dealkylation sites (tertiary alicyclic amines) is 1. The maximum atomic E-state index is 10.7. The fourth-order valence-corrected chi connectivity index (χ4v) is 4.75. The minimum absolute atomic E-state index is 0.0631. The standard InChI is InChI=1S/C18H19N.C9H20.C7H11NO.C3H8.C2H4O/c1-4-14-9-10-17-16(11-14)18(13(3)19-17)15-8-6-5-7-12(15)2;1-4-6-7-8-9(3)5-2;1-3-7(9)8-4-6(2)5-8;1-3-2;1-2-3/h5-11,19H,4H2,1-3H3;9H,4-8H2,1-3H3;3,6H,1,4-5H2,2H3;3H2,1-2H3;2H,1H3. The number of fused-ring (bicyclic) bond motifs is 1. The molecular formula is C39H62N2O2. The molecule has 1 aromatic heterocycles. The van der Waals surface area contributed by atoms with Crippen molar-refractivity contribution in [2.24, 2.45) is 11.8 Å². The molecule has 1 atom stereocenters. The first-order valence-corrected chi connectivity index (χ1v) is 16.6. The zero-order valence-corrected chi connectivity index (χ0v) is 29.2. The molecule has 1 aliphatic heterocycles. The van der Waals surface area contributed by atoms with Crippen LogP contribution in [0, 0.1) is 25.7 Å². The molecule has 4 heteroatoms. The highest BCUT2D eigenvalue weighted by Crippen LogP contribution is 2.34. The summed E-state index contributed by atoms with van der Waals surface area (Å²) in [4.78, 5) is 24.8. The molecule has 4 nitrogen and oxygen atoms in total. The van der Waals surface area contributed by atoms with E-state index in [4.69, 9.17) is 4.79 Å². The van der Waals surface area contributed by atoms with Gasteiger partial charge in [0.25, 0.3) is 0 Å². The lowest BCUT2D eigenvalue weighted by atomic mass is 9.97. The van der Waals surface area contributed by atoms with Crippen molar-refractivity contribution in [1.82, 2.24) is 9.88 Å². The van der Waals surface area contributed by atoms with E-state index < -0.39 is 0 Å². The van der Waals surface area contributed by atoms with E-state index in [0.29, 0.717) is 5.92 Å². The third-order valence-electron chi connectivity index (χ3n) is 7.42. The number of carbonyl (C=O) groups excluding carboxylic acids is 2. The first kappa shape index (κ1) is 39.9. The van der Waals surface area contributed by atoms with Gasteiger partial charge in [0.2, 0.25) is 5.91 Å². The van der Waals surface area contributed by atoms with Crippen molar-refractivity contribution in [2.45, 2.75) is 114 Å². The Morgan fingerprint density at radius 1 is 1.05 bits per heavy atom. The number of hydrogen-bond acceptors (Lipinski definition) is 2. The van der Waals surface area contributed by atoms with Crippen molar-refractivity contribution >= 4 is 23.1 Å². The normalized spacial score (nSPS) is 12.5. The number of aryl methyl sites for hydroxylation is 3. The van der Waals surface area contributed by atoms with Crippen molar-refractivity contribution in [1.29, 1.82) is 0 Å². The number of H-pyrrole nitrogens is 1. The summed E-state index contributed by atoms with van der Waals surface area (Å²) >= 11 is 0. The summed E-state index contributed by atoms with van der Waals surface area (Å²) in [5.74, 6) is 1.71. The Labute approximate surface area is 264 Å². The van der Waals surface area contributed by atoms with Crippen molar-refractivity contribution in [3.05, 3.63) is 71.9 Å². The summed E-state index contributed by atoms with van der Waals surface area (Å²) < 4.78 is 0. The smallest absolute Gasteiger partial charge is 0.245 e. The number of aromatic amines is 1. The van der Waals surface area contributed by atoms with Crippen LogP contribution in [0.3, 0.4) is 0 Å². The first-order valence-electron chi connectivity index (χ1n) is 16.6. The highest BCUT2D eigenvalue weighted by atomic mass is 16.2. The van der Waals surface area contributed by atoms with Gasteiger partial charge in [0.1, 0.15) is 6.29 Å². The number of hydrogen-bond donors (Lipinski definition) is 1. The predicted molar refractivity (Wildman–Crippen MR) is 190 cm³/mol. The fraction of sp³-hybridized carbons (Fsp3) is 0.538. The average Bonchev–Trinajstić information content (AvgIpc) is 3.31. The second kappa shape index (κ2) is 23.3. The second-order valence-corrected chi connectivity index (χ2v) is 11.7. The van der Waals surface area contributed by atoms with Crippen molar-refractivity contribution in [2.75, 3.05) is 13.1 Å². The molecule has 1 aliphatic rings. The van der Waals surface area contributed by atoms with Gasteiger partial charge in [0.15, 0.2) is 0 Å². The minimum atomic E-state index is 0.0631. The van der Waals surface area contributed by atoms with Crippen LogP contribution in [0.2, 0.25) is 0 Å². The van der Waals surface area contributed by atoms with E-state index >= 15 is 0 Å². The van der Waals surface area contributed by atoms with Gasteiger partial charge >= 0.3 is 0 Å². The van der Waals surface area contributed by atoms with Gasteiger partial charge in [0.05, 0.1) is 0 Å². The average molecular weight is 591 g/mol. The molecule has 0 bridgehead atoms. The van der Waals surface area contributed by atoms with Crippen LogP contribution in [0.1, 0.15) is 111 Å². The van der Waals surface area contributed by atoms with Gasteiger partial charge in [-0.2, -0.15) is 0 Å². The Morgan fingerprint density at radius 3 is 2.14 bits per heavy atom. The maximum Gasteiger partial charge on any atom is 0.245 e. The molecule has 1 N–H and O–H groups in total. The van der Waals surface area contributed by atoms with E-state index in [1.165, 1.54) is 90.4 Å². The highest BCUT2D eigenvalue weighted by molar-refractivity contribution is 5.98. The molecule has 43 heavy (non-hydrogen) atoms. The van der Waals surface area contributed by atoms with Gasteiger partial charge in [-0.3, -0.25) is 4.79 Å². The largest absolute Gasteiger partial charge is 0.358 e. The number of nitrogens with one attached hydrogen (secondary N) is 1. The van der Waals surface area contributed by atoms with Gasteiger partial charge in [-0.15, -0.1) is 0 Å². The van der Waals surface area contributed by atoms with Crippen LogP contribution in [0.4, 0.5) is 0 Å². The Morgan fingerprint density at radius 2 is 1.65 bits per heavy atom. The third kappa shape index (κ3) is 14.7. The van der Waals surface area contributed by atoms with E-state index in [-0.39, 0.29) is 5.91 Å². The molecule has 1 unspecified atom stereocenters. The SMILES string of the molecule is C=CC(=O)N1CC(C)C1.CC=O.CCC.CCCCCC(C)CC.CCc1ccc2[nH]c(C)c(-c3ccccc3C)c2c1. The number of nitrogens with zero attached hydrogens (tertiary/aromatic N) is 1. The zero-order chi connectivity index (χ0) is 32.8. The number of amides is 1. The second-order valence-electron chi connectivity index (χ2n) is 11.7. The molecule has 0 saturated carbocycles. The van der Waals surface area contributed by atoms with Crippen LogP contribution >= 0.6 is 0 Å². The topological polar surface area (TPSA) is 53.2 Å². The lowest BCUT2D eigenvalue weighted by Crippen LogP contribution is -2.47. The van der Waals surface area contributed by atoms with Gasteiger partial charge in [-0.05, 0) is 73.9 Å². The maximum absolute atomic E-state index is 10.7. The van der Waals surface area contributed by atoms with E-state index in [0.717, 1.165) is 31.7 Å². The summed E-state index contributed by atoms with van der Waals surface area (Å²) in [7, 11) is 0. The van der Waals surface area contributed by atoms with Crippen LogP contribution in [-0.4, -0.2) is 35.2 Å². The Hall–Kier alpha value is -3.14. The Balaban J connectivity index is 0.000000619. The molecule has 0 aliphatic carbocycles. The number of benzene rings is 2. The summed E-state index contributed by atoms with van der Waals surface area (Å²) in [6.07, 6.45) is 11.4. The van der Waals surface area contributed by atoms with Gasteiger partial charge in [-0.1, -0.05) is 124 Å². The van der Waals surface area contributed by atoms with E-state index in [1.54, 1.807) is 4.90 Å². The van der Waals surface area contributed by atoms with Gasteiger partial charge in [-0.25, -0.2) is 0 Å². The van der Waals surface area contributed by atoms with E-state index in [2.05, 4.69) is 116 Å². The minimum Gasteiger partial charge on any atom is -0.358 e. The molecule has 2 heterocycles. The van der Waals surface area contributed by atoms with E-state index in [1.807, 2.05) is 0 Å². The summed E-state index contributed by atoms with van der Waals surface area (Å²) in [5, 5.41) is 1.34. The summed E-state index contributed by atoms with van der Waals surface area (Å²) in [6, 6.07) is 15.3. The molecule has 4 rings (SSSR count). The molecule has 1 amide bonds. The number of unbranched alkanes of at least 4 members (excludes halogenated alkanes) is 2. The first-order chi connectivity index (χ1) is 20.6. The Kier molecular flexibility index (Phi) is 21.6. The van der Waals surface area contributed by atoms with Crippen LogP contribution in [-0.2, 0) is 16.0 Å². The van der Waals surface area contributed by atoms with Gasteiger partial charge in [0, 0.05) is 35.2 Å². The number of aldehydes is 1. The van der Waals surface area contributed by atoms with Crippen molar-refractivity contribution < 1.29 is 9.59 Å². The lowest BCUT2D eigenvalue weighted by Gasteiger charge is -2.36. The molecule has 0 spiro atoms. The van der Waals surface area contributed by atoms with Crippen LogP contribution in [0.15, 0.2) is 55.1 Å².